The molecule has 54 heavy (non-hydrogen) atoms. The zero-order chi connectivity index (χ0) is 39.5. The van der Waals surface area contributed by atoms with Crippen LogP contribution >= 0.6 is 0 Å². The van der Waals surface area contributed by atoms with Gasteiger partial charge in [-0.3, -0.25) is 0 Å². The molecule has 3 heterocycles. The predicted molar refractivity (Wildman–Crippen MR) is 175 cm³/mol. The Morgan fingerprint density at radius 2 is 1.50 bits per heavy atom. The quantitative estimate of drug-likeness (QED) is 0.0693. The normalized spacial score (nSPS) is 35.4. The molecule has 20 heteroatoms. The molecule has 0 radical (unpaired) electrons. The molecule has 3 fully saturated rings. The van der Waals surface area contributed by atoms with Crippen LogP contribution in [0.2, 0.25) is 0 Å². The molecular formula is C34H46O20. The largest absolute Gasteiger partial charge is 0.504 e. The van der Waals surface area contributed by atoms with Gasteiger partial charge in [0.1, 0.15) is 55.4 Å². The van der Waals surface area contributed by atoms with Crippen molar-refractivity contribution in [3.05, 3.63) is 41.5 Å². The van der Waals surface area contributed by atoms with Crippen molar-refractivity contribution in [3.8, 4) is 28.7 Å². The molecule has 20 nitrogen and oxygen atoms in total. The Bertz CT molecular complexity index is 1550. The van der Waals surface area contributed by atoms with Gasteiger partial charge in [0.25, 0.3) is 0 Å². The van der Waals surface area contributed by atoms with Gasteiger partial charge in [-0.25, -0.2) is 4.79 Å². The first kappa shape index (κ1) is 41.6. The van der Waals surface area contributed by atoms with Crippen LogP contribution in [0.5, 0.6) is 28.7 Å². The minimum atomic E-state index is -2.25. The number of esters is 1. The molecule has 13 atom stereocenters. The maximum atomic E-state index is 12.9. The van der Waals surface area contributed by atoms with Crippen molar-refractivity contribution in [2.75, 3.05) is 40.6 Å². The molecule has 2 aromatic rings. The van der Waals surface area contributed by atoms with Crippen LogP contribution in [-0.2, 0) is 39.6 Å². The van der Waals surface area contributed by atoms with Gasteiger partial charge in [-0.2, -0.15) is 0 Å². The fourth-order valence-corrected chi connectivity index (χ4v) is 6.12. The third-order valence-corrected chi connectivity index (χ3v) is 9.37. The summed E-state index contributed by atoms with van der Waals surface area (Å²) in [5, 5.41) is 105. The van der Waals surface area contributed by atoms with Gasteiger partial charge >= 0.3 is 5.97 Å². The lowest BCUT2D eigenvalue weighted by atomic mass is 9.96. The molecule has 302 valence electrons. The number of carbonyl (C=O) groups is 1. The smallest absolute Gasteiger partial charge is 0.338 e. The van der Waals surface area contributed by atoms with E-state index in [4.69, 9.17) is 42.6 Å². The van der Waals surface area contributed by atoms with Crippen molar-refractivity contribution in [1.29, 1.82) is 0 Å². The molecule has 0 aliphatic carbocycles. The lowest BCUT2D eigenvalue weighted by molar-refractivity contribution is -0.371. The van der Waals surface area contributed by atoms with Crippen LogP contribution in [0.1, 0.15) is 22.8 Å². The Labute approximate surface area is 308 Å². The summed E-state index contributed by atoms with van der Waals surface area (Å²) in [6, 6.07) is 6.44. The zero-order valence-electron chi connectivity index (χ0n) is 29.4. The Hall–Kier alpha value is -3.61. The van der Waals surface area contributed by atoms with Gasteiger partial charge in [-0.1, -0.05) is 6.07 Å². The lowest BCUT2D eigenvalue weighted by Crippen LogP contribution is -2.65. The summed E-state index contributed by atoms with van der Waals surface area (Å²) in [7, 11) is 2.51. The van der Waals surface area contributed by atoms with Crippen LogP contribution < -0.4 is 9.47 Å². The molecule has 0 spiro atoms. The summed E-state index contributed by atoms with van der Waals surface area (Å²) < 4.78 is 49.9. The Morgan fingerprint density at radius 3 is 2.13 bits per heavy atom. The van der Waals surface area contributed by atoms with Crippen LogP contribution in [0, 0.1) is 0 Å². The van der Waals surface area contributed by atoms with E-state index in [1.54, 1.807) is 0 Å². The number of aromatic hydroxyl groups is 3. The highest BCUT2D eigenvalue weighted by molar-refractivity contribution is 5.91. The molecule has 3 aliphatic rings. The van der Waals surface area contributed by atoms with E-state index < -0.39 is 105 Å². The molecule has 0 saturated carbocycles. The number of hydrogen-bond donors (Lipinski definition) is 10. The van der Waals surface area contributed by atoms with Crippen LogP contribution in [-0.4, -0.2) is 177 Å². The highest BCUT2D eigenvalue weighted by Gasteiger charge is 2.55. The third-order valence-electron chi connectivity index (χ3n) is 9.37. The van der Waals surface area contributed by atoms with E-state index in [9.17, 15) is 55.9 Å². The SMILES string of the molecule is COc1cc(C(=O)OCC2(O)COC(OC3C(OCCc4ccc(O)c(O)c4)OC(CO)C(OC4OC(C)C(O)C(O)C4O)C3O)C2O)cc(OC)c1O. The van der Waals surface area contributed by atoms with E-state index >= 15 is 0 Å². The van der Waals surface area contributed by atoms with Gasteiger partial charge in [-0.05, 0) is 43.2 Å². The molecule has 3 aliphatic heterocycles. The van der Waals surface area contributed by atoms with Gasteiger partial charge in [0.05, 0.1) is 45.7 Å². The standard InChI is InChI=1S/C34H46O20/c1-14-22(38)24(40)25(41)31(51-14)53-27-21(11-35)52-32(48-7-6-15-4-5-17(36)18(37)8-15)28(26(27)42)54-33-29(43)34(45,13-50-33)12-49-30(44)16-9-19(46-2)23(39)20(10-16)47-3/h4-5,8-10,14,21-22,24-29,31-33,35-43,45H,6-7,11-13H2,1-3H3. The van der Waals surface area contributed by atoms with Crippen LogP contribution in [0.3, 0.4) is 0 Å². The third kappa shape index (κ3) is 8.76. The molecular weight excluding hydrogens is 728 g/mol. The van der Waals surface area contributed by atoms with E-state index in [1.165, 1.54) is 51.5 Å². The molecule has 2 aromatic carbocycles. The van der Waals surface area contributed by atoms with Crippen molar-refractivity contribution in [2.24, 2.45) is 0 Å². The number of aliphatic hydroxyl groups is 7. The van der Waals surface area contributed by atoms with Crippen LogP contribution in [0.15, 0.2) is 30.3 Å². The van der Waals surface area contributed by atoms with E-state index in [0.29, 0.717) is 5.56 Å². The fraction of sp³-hybridized carbons (Fsp3) is 0.618. The van der Waals surface area contributed by atoms with Gasteiger partial charge in [0.2, 0.25) is 5.75 Å². The second kappa shape index (κ2) is 17.5. The number of ether oxygens (including phenoxy) is 9. The molecule has 0 aromatic heterocycles. The molecule has 0 amide bonds. The van der Waals surface area contributed by atoms with Gasteiger partial charge in [0.15, 0.2) is 47.5 Å². The first-order valence-electron chi connectivity index (χ1n) is 16.8. The average Bonchev–Trinajstić information content (AvgIpc) is 3.44. The van der Waals surface area contributed by atoms with Gasteiger partial charge < -0.3 is 93.7 Å². The fourth-order valence-electron chi connectivity index (χ4n) is 6.12. The summed E-state index contributed by atoms with van der Waals surface area (Å²) in [6.45, 7) is -0.947. The summed E-state index contributed by atoms with van der Waals surface area (Å²) in [4.78, 5) is 12.9. The first-order valence-corrected chi connectivity index (χ1v) is 16.8. The maximum absolute atomic E-state index is 12.9. The molecule has 0 bridgehead atoms. The minimum Gasteiger partial charge on any atom is -0.504 e. The van der Waals surface area contributed by atoms with Crippen molar-refractivity contribution in [1.82, 2.24) is 0 Å². The number of benzene rings is 2. The van der Waals surface area contributed by atoms with E-state index in [0.717, 1.165) is 0 Å². The molecule has 5 rings (SSSR count). The number of phenols is 3. The summed E-state index contributed by atoms with van der Waals surface area (Å²) >= 11 is 0. The number of rotatable bonds is 14. The molecule has 3 saturated heterocycles. The van der Waals surface area contributed by atoms with Crippen LogP contribution in [0.25, 0.3) is 0 Å². The monoisotopic (exact) mass is 774 g/mol. The lowest BCUT2D eigenvalue weighted by Gasteiger charge is -2.47. The van der Waals surface area contributed by atoms with Gasteiger partial charge in [-0.15, -0.1) is 0 Å². The number of carbonyl (C=O) groups excluding carboxylic acids is 1. The van der Waals surface area contributed by atoms with Crippen molar-refractivity contribution in [2.45, 2.75) is 92.8 Å². The first-order chi connectivity index (χ1) is 25.6. The van der Waals surface area contributed by atoms with Crippen molar-refractivity contribution >= 4 is 5.97 Å². The van der Waals surface area contributed by atoms with E-state index in [1.807, 2.05) is 0 Å². The summed E-state index contributed by atoms with van der Waals surface area (Å²) in [6.07, 6.45) is -18.9. The van der Waals surface area contributed by atoms with Crippen molar-refractivity contribution < 1.29 is 98.5 Å². The maximum Gasteiger partial charge on any atom is 0.338 e. The number of phenolic OH excluding ortho intramolecular Hbond substituents is 3. The zero-order valence-corrected chi connectivity index (χ0v) is 29.4. The second-order valence-electron chi connectivity index (χ2n) is 13.1. The Kier molecular flexibility index (Phi) is 13.4. The highest BCUT2D eigenvalue weighted by atomic mass is 16.8. The predicted octanol–water partition coefficient (Wildman–Crippen LogP) is -2.64. The Morgan fingerprint density at radius 1 is 0.833 bits per heavy atom. The summed E-state index contributed by atoms with van der Waals surface area (Å²) in [5.41, 5.74) is -1.83. The second-order valence-corrected chi connectivity index (χ2v) is 13.1. The molecule has 10 N–H and O–H groups in total. The number of methoxy groups -OCH3 is 2. The summed E-state index contributed by atoms with van der Waals surface area (Å²) in [5.74, 6) is -2.25. The highest BCUT2D eigenvalue weighted by Crippen LogP contribution is 2.38. The topological polar surface area (TPSA) is 302 Å². The van der Waals surface area contributed by atoms with Crippen molar-refractivity contribution in [3.63, 3.8) is 0 Å². The number of hydrogen-bond acceptors (Lipinski definition) is 20. The minimum absolute atomic E-state index is 0.0949. The van der Waals surface area contributed by atoms with Crippen LogP contribution in [0.4, 0.5) is 0 Å². The number of aliphatic hydroxyl groups excluding tert-OH is 6. The average molecular weight is 775 g/mol. The van der Waals surface area contributed by atoms with E-state index in [-0.39, 0.29) is 47.3 Å². The van der Waals surface area contributed by atoms with Gasteiger partial charge in [0, 0.05) is 0 Å². The molecule has 13 unspecified atom stereocenters. The van der Waals surface area contributed by atoms with E-state index in [2.05, 4.69) is 0 Å². The Balaban J connectivity index is 1.31.